The summed E-state index contributed by atoms with van der Waals surface area (Å²) in [5.41, 5.74) is 0. The Morgan fingerprint density at radius 1 is 1.24 bits per heavy atom. The number of halogens is 1. The van der Waals surface area contributed by atoms with Crippen molar-refractivity contribution in [3.63, 3.8) is 0 Å². The molecule has 17 heavy (non-hydrogen) atoms. The molecular formula is C10H19ClN2O3S. The van der Waals surface area contributed by atoms with Crippen molar-refractivity contribution in [1.29, 1.82) is 0 Å². The van der Waals surface area contributed by atoms with Crippen molar-refractivity contribution in [3.05, 3.63) is 0 Å². The van der Waals surface area contributed by atoms with Crippen LogP contribution in [-0.2, 0) is 14.8 Å². The average Bonchev–Trinajstić information content (AvgIpc) is 2.35. The topological polar surface area (TPSA) is 57.7 Å². The monoisotopic (exact) mass is 282 g/mol. The molecule has 0 atom stereocenters. The second-order valence-corrected chi connectivity index (χ2v) is 6.44. The van der Waals surface area contributed by atoms with Crippen LogP contribution in [0.15, 0.2) is 0 Å². The Bertz CT molecular complexity index is 351. The third-order valence-electron chi connectivity index (χ3n) is 2.85. The Morgan fingerprint density at radius 3 is 2.29 bits per heavy atom. The summed E-state index contributed by atoms with van der Waals surface area (Å²) in [7, 11) is -3.14. The zero-order valence-electron chi connectivity index (χ0n) is 10.1. The molecule has 0 N–H and O–H groups in total. The Kier molecular flexibility index (Phi) is 5.69. The SMILES string of the molecule is CCCCS(=O)(=O)N1CCN(C(=O)CCl)CC1. The molecule has 1 aliphatic heterocycles. The molecule has 1 fully saturated rings. The summed E-state index contributed by atoms with van der Waals surface area (Å²) in [6, 6.07) is 0. The van der Waals surface area contributed by atoms with Crippen molar-refractivity contribution in [1.82, 2.24) is 9.21 Å². The van der Waals surface area contributed by atoms with Crippen molar-refractivity contribution in [2.24, 2.45) is 0 Å². The van der Waals surface area contributed by atoms with Crippen LogP contribution in [0.2, 0.25) is 0 Å². The van der Waals surface area contributed by atoms with E-state index in [1.807, 2.05) is 6.92 Å². The first-order chi connectivity index (χ1) is 8.01. The molecule has 0 saturated carbocycles. The number of unbranched alkanes of at least 4 members (excludes halogenated alkanes) is 1. The summed E-state index contributed by atoms with van der Waals surface area (Å²) in [4.78, 5) is 12.9. The Hall–Kier alpha value is -0.330. The minimum absolute atomic E-state index is 0.0391. The van der Waals surface area contributed by atoms with Crippen molar-refractivity contribution in [2.45, 2.75) is 19.8 Å². The smallest absolute Gasteiger partial charge is 0.237 e. The lowest BCUT2D eigenvalue weighted by Gasteiger charge is -2.33. The van der Waals surface area contributed by atoms with E-state index >= 15 is 0 Å². The number of carbonyl (C=O) groups excluding carboxylic acids is 1. The van der Waals surface area contributed by atoms with E-state index < -0.39 is 10.0 Å². The maximum atomic E-state index is 11.9. The van der Waals surface area contributed by atoms with E-state index in [1.165, 1.54) is 4.31 Å². The molecule has 1 aliphatic rings. The highest BCUT2D eigenvalue weighted by Crippen LogP contribution is 2.10. The maximum absolute atomic E-state index is 11.9. The highest BCUT2D eigenvalue weighted by molar-refractivity contribution is 7.89. The molecule has 0 radical (unpaired) electrons. The predicted octanol–water partition coefficient (Wildman–Crippen LogP) is 0.499. The first-order valence-electron chi connectivity index (χ1n) is 5.83. The largest absolute Gasteiger partial charge is 0.339 e. The first kappa shape index (κ1) is 14.7. The Labute approximate surface area is 108 Å². The van der Waals surface area contributed by atoms with Crippen LogP contribution in [-0.4, -0.2) is 61.3 Å². The summed E-state index contributed by atoms with van der Waals surface area (Å²) in [5, 5.41) is 0. The molecule has 0 aliphatic carbocycles. The van der Waals surface area contributed by atoms with Crippen LogP contribution in [0.3, 0.4) is 0 Å². The van der Waals surface area contributed by atoms with Crippen LogP contribution < -0.4 is 0 Å². The molecule has 0 aromatic heterocycles. The van der Waals surface area contributed by atoms with Gasteiger partial charge in [0.2, 0.25) is 15.9 Å². The van der Waals surface area contributed by atoms with Crippen LogP contribution in [0.4, 0.5) is 0 Å². The third-order valence-corrected chi connectivity index (χ3v) is 5.04. The van der Waals surface area contributed by atoms with Crippen LogP contribution in [0.5, 0.6) is 0 Å². The molecule has 1 amide bonds. The fraction of sp³-hybridized carbons (Fsp3) is 0.900. The molecule has 0 aromatic rings. The van der Waals surface area contributed by atoms with Crippen molar-refractivity contribution >= 4 is 27.5 Å². The van der Waals surface area contributed by atoms with E-state index in [-0.39, 0.29) is 17.5 Å². The number of hydrogen-bond donors (Lipinski definition) is 0. The number of nitrogens with zero attached hydrogens (tertiary/aromatic N) is 2. The van der Waals surface area contributed by atoms with Gasteiger partial charge in [-0.25, -0.2) is 8.42 Å². The highest BCUT2D eigenvalue weighted by Gasteiger charge is 2.27. The van der Waals surface area contributed by atoms with Crippen LogP contribution in [0.1, 0.15) is 19.8 Å². The fourth-order valence-corrected chi connectivity index (χ4v) is 3.56. The van der Waals surface area contributed by atoms with Crippen LogP contribution in [0, 0.1) is 0 Å². The van der Waals surface area contributed by atoms with Crippen LogP contribution in [0.25, 0.3) is 0 Å². The van der Waals surface area contributed by atoms with Gasteiger partial charge >= 0.3 is 0 Å². The molecule has 1 rings (SSSR count). The van der Waals surface area contributed by atoms with Gasteiger partial charge in [0.15, 0.2) is 0 Å². The van der Waals surface area contributed by atoms with E-state index in [0.29, 0.717) is 32.6 Å². The van der Waals surface area contributed by atoms with Gasteiger partial charge in [0, 0.05) is 26.2 Å². The normalized spacial score (nSPS) is 18.4. The average molecular weight is 283 g/mol. The summed E-state index contributed by atoms with van der Waals surface area (Å²) < 4.78 is 25.2. The van der Waals surface area contributed by atoms with E-state index in [2.05, 4.69) is 0 Å². The van der Waals surface area contributed by atoms with Gasteiger partial charge in [-0.15, -0.1) is 11.6 Å². The summed E-state index contributed by atoms with van der Waals surface area (Å²) >= 11 is 5.46. The van der Waals surface area contributed by atoms with Gasteiger partial charge < -0.3 is 4.90 Å². The highest BCUT2D eigenvalue weighted by atomic mass is 35.5. The van der Waals surface area contributed by atoms with Gasteiger partial charge in [-0.2, -0.15) is 4.31 Å². The van der Waals surface area contributed by atoms with Crippen molar-refractivity contribution < 1.29 is 13.2 Å². The number of rotatable bonds is 5. The fourth-order valence-electron chi connectivity index (χ4n) is 1.76. The minimum atomic E-state index is -3.14. The predicted molar refractivity (Wildman–Crippen MR) is 67.6 cm³/mol. The molecule has 0 aromatic carbocycles. The number of carbonyl (C=O) groups is 1. The number of amides is 1. The number of alkyl halides is 1. The van der Waals surface area contributed by atoms with Crippen molar-refractivity contribution in [3.8, 4) is 0 Å². The molecule has 7 heteroatoms. The van der Waals surface area contributed by atoms with E-state index in [9.17, 15) is 13.2 Å². The minimum Gasteiger partial charge on any atom is -0.339 e. The second kappa shape index (κ2) is 6.56. The van der Waals surface area contributed by atoms with E-state index in [0.717, 1.165) is 6.42 Å². The van der Waals surface area contributed by atoms with Crippen molar-refractivity contribution in [2.75, 3.05) is 37.8 Å². The molecular weight excluding hydrogens is 264 g/mol. The molecule has 1 saturated heterocycles. The standard InChI is InChI=1S/C10H19ClN2O3S/c1-2-3-8-17(15,16)13-6-4-12(5-7-13)10(14)9-11/h2-9H2,1H3. The molecule has 0 unspecified atom stereocenters. The van der Waals surface area contributed by atoms with Crippen LogP contribution >= 0.6 is 11.6 Å². The van der Waals surface area contributed by atoms with Gasteiger partial charge in [-0.3, -0.25) is 4.79 Å². The van der Waals surface area contributed by atoms with Gasteiger partial charge in [0.1, 0.15) is 5.88 Å². The summed E-state index contributed by atoms with van der Waals surface area (Å²) in [6.07, 6.45) is 1.55. The summed E-state index contributed by atoms with van der Waals surface area (Å²) in [6.45, 7) is 3.61. The molecule has 5 nitrogen and oxygen atoms in total. The lowest BCUT2D eigenvalue weighted by molar-refractivity contribution is -0.129. The zero-order valence-corrected chi connectivity index (χ0v) is 11.6. The summed E-state index contributed by atoms with van der Waals surface area (Å²) in [5.74, 6) is 0.0347. The number of hydrogen-bond acceptors (Lipinski definition) is 3. The lowest BCUT2D eigenvalue weighted by atomic mass is 10.3. The van der Waals surface area contributed by atoms with E-state index in [4.69, 9.17) is 11.6 Å². The van der Waals surface area contributed by atoms with Gasteiger partial charge in [-0.05, 0) is 6.42 Å². The Morgan fingerprint density at radius 2 is 1.82 bits per heavy atom. The molecule has 1 heterocycles. The number of piperazine rings is 1. The van der Waals surface area contributed by atoms with E-state index in [1.54, 1.807) is 4.90 Å². The maximum Gasteiger partial charge on any atom is 0.237 e. The molecule has 0 bridgehead atoms. The Balaban J connectivity index is 2.49. The first-order valence-corrected chi connectivity index (χ1v) is 7.97. The molecule has 100 valence electrons. The van der Waals surface area contributed by atoms with Gasteiger partial charge in [0.05, 0.1) is 5.75 Å². The van der Waals surface area contributed by atoms with Gasteiger partial charge in [-0.1, -0.05) is 13.3 Å². The quantitative estimate of drug-likeness (QED) is 0.690. The third kappa shape index (κ3) is 4.12. The number of sulfonamides is 1. The zero-order chi connectivity index (χ0) is 12.9. The molecule has 0 spiro atoms. The second-order valence-electron chi connectivity index (χ2n) is 4.08. The van der Waals surface area contributed by atoms with Gasteiger partial charge in [0.25, 0.3) is 0 Å². The lowest BCUT2D eigenvalue weighted by Crippen LogP contribution is -2.51.